The summed E-state index contributed by atoms with van der Waals surface area (Å²) < 4.78 is 0. The van der Waals surface area contributed by atoms with Crippen LogP contribution in [0.2, 0.25) is 0 Å². The Bertz CT molecular complexity index is 366. The van der Waals surface area contributed by atoms with Gasteiger partial charge in [-0.15, -0.1) is 0 Å². The molecule has 0 bridgehead atoms. The number of allylic oxidation sites excluding steroid dienone is 1. The van der Waals surface area contributed by atoms with Gasteiger partial charge in [0.15, 0.2) is 0 Å². The van der Waals surface area contributed by atoms with Crippen molar-refractivity contribution in [2.45, 2.75) is 72.1 Å². The van der Waals surface area contributed by atoms with E-state index in [9.17, 15) is 0 Å². The maximum Gasteiger partial charge on any atom is 0.0215 e. The van der Waals surface area contributed by atoms with E-state index in [-0.39, 0.29) is 0 Å². The van der Waals surface area contributed by atoms with Crippen LogP contribution in [-0.4, -0.2) is 6.54 Å². The number of hydrogen-bond donors (Lipinski definition) is 1. The lowest BCUT2D eigenvalue weighted by Crippen LogP contribution is -2.36. The second kappa shape index (κ2) is 5.14. The van der Waals surface area contributed by atoms with Crippen LogP contribution in [-0.2, 0) is 0 Å². The first-order valence-electron chi connectivity index (χ1n) is 8.61. The molecule has 3 atom stereocenters. The zero-order valence-electron chi connectivity index (χ0n) is 13.1. The molecule has 2 aliphatic carbocycles. The predicted molar refractivity (Wildman–Crippen MR) is 81.9 cm³/mol. The van der Waals surface area contributed by atoms with Crippen molar-refractivity contribution in [3.05, 3.63) is 11.3 Å². The minimum atomic E-state index is 0.558. The summed E-state index contributed by atoms with van der Waals surface area (Å²) in [4.78, 5) is 0. The summed E-state index contributed by atoms with van der Waals surface area (Å²) in [5.74, 6) is 2.71. The molecule has 0 aromatic heterocycles. The molecule has 1 N–H and O–H groups in total. The van der Waals surface area contributed by atoms with Gasteiger partial charge in [-0.05, 0) is 48.5 Å². The maximum atomic E-state index is 3.75. The van der Waals surface area contributed by atoms with Gasteiger partial charge in [-0.2, -0.15) is 0 Å². The van der Waals surface area contributed by atoms with Gasteiger partial charge in [0.05, 0.1) is 0 Å². The largest absolute Gasteiger partial charge is 0.388 e. The van der Waals surface area contributed by atoms with E-state index in [0.29, 0.717) is 5.41 Å². The Hall–Kier alpha value is -0.460. The summed E-state index contributed by atoms with van der Waals surface area (Å²) >= 11 is 0. The fourth-order valence-electron chi connectivity index (χ4n) is 5.01. The molecule has 0 spiro atoms. The highest BCUT2D eigenvalue weighted by atomic mass is 14.9. The highest BCUT2D eigenvalue weighted by Gasteiger charge is 2.44. The standard InChI is InChI=1S/C18H31N/c1-4-10-18(3,11-14-6-5-7-14)15-12-19-16-9-8-13(2)17(15)16/h13-15,19H,4-12H2,1-3H3. The van der Waals surface area contributed by atoms with Crippen LogP contribution in [0.3, 0.4) is 0 Å². The zero-order valence-corrected chi connectivity index (χ0v) is 13.1. The van der Waals surface area contributed by atoms with Gasteiger partial charge in [-0.1, -0.05) is 46.5 Å². The van der Waals surface area contributed by atoms with Gasteiger partial charge in [-0.25, -0.2) is 0 Å². The summed E-state index contributed by atoms with van der Waals surface area (Å²) in [5.41, 5.74) is 4.02. The lowest BCUT2D eigenvalue weighted by Gasteiger charge is -2.42. The van der Waals surface area contributed by atoms with E-state index in [2.05, 4.69) is 26.1 Å². The summed E-state index contributed by atoms with van der Waals surface area (Å²) in [6.45, 7) is 8.66. The van der Waals surface area contributed by atoms with Crippen LogP contribution in [0.1, 0.15) is 72.1 Å². The Morgan fingerprint density at radius 1 is 1.26 bits per heavy atom. The van der Waals surface area contributed by atoms with Gasteiger partial charge in [0.2, 0.25) is 0 Å². The van der Waals surface area contributed by atoms with Crippen LogP contribution in [0.4, 0.5) is 0 Å². The van der Waals surface area contributed by atoms with E-state index in [1.165, 1.54) is 57.9 Å². The van der Waals surface area contributed by atoms with Crippen molar-refractivity contribution < 1.29 is 0 Å². The van der Waals surface area contributed by atoms with Crippen molar-refractivity contribution in [1.29, 1.82) is 0 Å². The van der Waals surface area contributed by atoms with E-state index in [1.54, 1.807) is 5.70 Å². The molecule has 0 radical (unpaired) electrons. The van der Waals surface area contributed by atoms with Gasteiger partial charge in [-0.3, -0.25) is 0 Å². The van der Waals surface area contributed by atoms with E-state index in [1.807, 2.05) is 5.57 Å². The molecular weight excluding hydrogens is 230 g/mol. The van der Waals surface area contributed by atoms with Crippen LogP contribution in [0.5, 0.6) is 0 Å². The van der Waals surface area contributed by atoms with E-state index in [0.717, 1.165) is 17.8 Å². The molecule has 1 nitrogen and oxygen atoms in total. The highest BCUT2D eigenvalue weighted by molar-refractivity contribution is 5.30. The SMILES string of the molecule is CCCC(C)(CC1CCC1)C1CNC2=C1C(C)CC2. The van der Waals surface area contributed by atoms with Crippen LogP contribution in [0.25, 0.3) is 0 Å². The lowest BCUT2D eigenvalue weighted by molar-refractivity contribution is 0.112. The van der Waals surface area contributed by atoms with Crippen LogP contribution < -0.4 is 5.32 Å². The van der Waals surface area contributed by atoms with Gasteiger partial charge in [0.1, 0.15) is 0 Å². The molecular formula is C18H31N. The monoisotopic (exact) mass is 261 g/mol. The van der Waals surface area contributed by atoms with Crippen LogP contribution in [0.15, 0.2) is 11.3 Å². The van der Waals surface area contributed by atoms with Gasteiger partial charge < -0.3 is 5.32 Å². The van der Waals surface area contributed by atoms with Crippen molar-refractivity contribution >= 4 is 0 Å². The molecule has 1 fully saturated rings. The lowest BCUT2D eigenvalue weighted by atomic mass is 9.62. The van der Waals surface area contributed by atoms with E-state index >= 15 is 0 Å². The first-order chi connectivity index (χ1) is 9.14. The third-order valence-electron chi connectivity index (χ3n) is 6.24. The molecule has 19 heavy (non-hydrogen) atoms. The minimum absolute atomic E-state index is 0.558. The molecule has 108 valence electrons. The van der Waals surface area contributed by atoms with Crippen molar-refractivity contribution in [2.75, 3.05) is 6.54 Å². The molecule has 0 saturated heterocycles. The third kappa shape index (κ3) is 2.34. The van der Waals surface area contributed by atoms with E-state index in [4.69, 9.17) is 0 Å². The number of nitrogens with one attached hydrogen (secondary N) is 1. The molecule has 0 amide bonds. The fraction of sp³-hybridized carbons (Fsp3) is 0.889. The summed E-state index contributed by atoms with van der Waals surface area (Å²) in [6, 6.07) is 0. The Kier molecular flexibility index (Phi) is 3.66. The topological polar surface area (TPSA) is 12.0 Å². The highest BCUT2D eigenvalue weighted by Crippen LogP contribution is 2.52. The molecule has 3 unspecified atom stereocenters. The average Bonchev–Trinajstić information content (AvgIpc) is 2.88. The quantitative estimate of drug-likeness (QED) is 0.743. The predicted octanol–water partition coefficient (Wildman–Crippen LogP) is 4.89. The first kappa shape index (κ1) is 13.5. The molecule has 3 aliphatic rings. The fourth-order valence-corrected chi connectivity index (χ4v) is 5.01. The van der Waals surface area contributed by atoms with Crippen LogP contribution >= 0.6 is 0 Å². The maximum absolute atomic E-state index is 3.75. The van der Waals surface area contributed by atoms with Crippen molar-refractivity contribution in [1.82, 2.24) is 5.32 Å². The zero-order chi connectivity index (χ0) is 13.5. The summed E-state index contributed by atoms with van der Waals surface area (Å²) in [7, 11) is 0. The Labute approximate surface area is 119 Å². The molecule has 0 aromatic carbocycles. The molecule has 1 heteroatoms. The first-order valence-corrected chi connectivity index (χ1v) is 8.61. The smallest absolute Gasteiger partial charge is 0.0215 e. The molecule has 3 rings (SSSR count). The normalized spacial score (nSPS) is 33.8. The second-order valence-corrected chi connectivity index (χ2v) is 7.71. The summed E-state index contributed by atoms with van der Waals surface area (Å²) in [6.07, 6.45) is 11.4. The minimum Gasteiger partial charge on any atom is -0.388 e. The molecule has 1 aliphatic heterocycles. The average molecular weight is 261 g/mol. The third-order valence-corrected chi connectivity index (χ3v) is 6.24. The van der Waals surface area contributed by atoms with Gasteiger partial charge in [0.25, 0.3) is 0 Å². The number of hydrogen-bond acceptors (Lipinski definition) is 1. The molecule has 1 heterocycles. The van der Waals surface area contributed by atoms with Crippen molar-refractivity contribution in [3.63, 3.8) is 0 Å². The van der Waals surface area contributed by atoms with Gasteiger partial charge >= 0.3 is 0 Å². The Morgan fingerprint density at radius 2 is 2.05 bits per heavy atom. The summed E-state index contributed by atoms with van der Waals surface area (Å²) in [5, 5.41) is 3.75. The molecule has 0 aromatic rings. The van der Waals surface area contributed by atoms with E-state index < -0.39 is 0 Å². The second-order valence-electron chi connectivity index (χ2n) is 7.71. The molecule has 1 saturated carbocycles. The Morgan fingerprint density at radius 3 is 2.68 bits per heavy atom. The van der Waals surface area contributed by atoms with Crippen molar-refractivity contribution in [2.24, 2.45) is 23.2 Å². The van der Waals surface area contributed by atoms with Crippen LogP contribution in [0, 0.1) is 23.2 Å². The Balaban J connectivity index is 1.79. The number of rotatable bonds is 5. The van der Waals surface area contributed by atoms with Gasteiger partial charge in [0, 0.05) is 18.2 Å². The van der Waals surface area contributed by atoms with Crippen molar-refractivity contribution in [3.8, 4) is 0 Å².